The Morgan fingerprint density at radius 3 is 1.61 bits per heavy atom. The largest absolute Gasteiger partial charge is 0.317 e. The molecule has 0 unspecified atom stereocenters. The highest BCUT2D eigenvalue weighted by Gasteiger charge is 2.18. The molecule has 44 heavy (non-hydrogen) atoms. The SMILES string of the molecule is c1ccc(-c2cc(-c3ccccc3)cc(-n3c4ccccc4c4c5ccc6c(ccn6-c6ccccc6)c5ccc43)c2)cc1. The fourth-order valence-electron chi connectivity index (χ4n) is 6.93. The summed E-state index contributed by atoms with van der Waals surface area (Å²) in [6.45, 7) is 0. The second-order valence-electron chi connectivity index (χ2n) is 11.4. The fraction of sp³-hybridized carbons (Fsp3) is 0. The van der Waals surface area contributed by atoms with Gasteiger partial charge in [0.15, 0.2) is 0 Å². The number of hydrogen-bond donors (Lipinski definition) is 0. The fourth-order valence-corrected chi connectivity index (χ4v) is 6.93. The Kier molecular flexibility index (Phi) is 5.54. The van der Waals surface area contributed by atoms with Crippen molar-refractivity contribution in [3.63, 3.8) is 0 Å². The molecule has 0 saturated carbocycles. The van der Waals surface area contributed by atoms with Gasteiger partial charge >= 0.3 is 0 Å². The molecule has 0 spiro atoms. The summed E-state index contributed by atoms with van der Waals surface area (Å²) >= 11 is 0. The molecule has 0 atom stereocenters. The normalized spacial score (nSPS) is 11.6. The maximum absolute atomic E-state index is 2.45. The molecule has 0 aliphatic carbocycles. The minimum atomic E-state index is 1.16. The van der Waals surface area contributed by atoms with Crippen molar-refractivity contribution in [2.45, 2.75) is 0 Å². The molecule has 0 bridgehead atoms. The second kappa shape index (κ2) is 9.86. The van der Waals surface area contributed by atoms with Gasteiger partial charge in [-0.25, -0.2) is 0 Å². The van der Waals surface area contributed by atoms with Crippen LogP contribution in [0.2, 0.25) is 0 Å². The van der Waals surface area contributed by atoms with Gasteiger partial charge in [0.2, 0.25) is 0 Å². The van der Waals surface area contributed by atoms with E-state index in [1.807, 2.05) is 0 Å². The van der Waals surface area contributed by atoms with E-state index in [9.17, 15) is 0 Å². The summed E-state index contributed by atoms with van der Waals surface area (Å²) in [6, 6.07) is 59.2. The molecule has 2 heteroatoms. The molecule has 0 aliphatic rings. The third-order valence-corrected chi connectivity index (χ3v) is 8.93. The summed E-state index contributed by atoms with van der Waals surface area (Å²) in [5.74, 6) is 0. The van der Waals surface area contributed by atoms with Crippen molar-refractivity contribution in [2.24, 2.45) is 0 Å². The number of para-hydroxylation sites is 2. The smallest absolute Gasteiger partial charge is 0.0547 e. The van der Waals surface area contributed by atoms with Crippen LogP contribution in [0, 0.1) is 0 Å². The molecule has 0 aliphatic heterocycles. The van der Waals surface area contributed by atoms with E-state index in [0.717, 1.165) is 5.69 Å². The molecule has 0 N–H and O–H groups in total. The molecule has 7 aromatic carbocycles. The van der Waals surface area contributed by atoms with Gasteiger partial charge in [-0.05, 0) is 87.6 Å². The van der Waals surface area contributed by atoms with E-state index in [-0.39, 0.29) is 0 Å². The molecule has 2 aromatic heterocycles. The number of aromatic nitrogens is 2. The average molecular weight is 561 g/mol. The van der Waals surface area contributed by atoms with Crippen molar-refractivity contribution in [1.29, 1.82) is 0 Å². The van der Waals surface area contributed by atoms with E-state index in [0.29, 0.717) is 0 Å². The van der Waals surface area contributed by atoms with Crippen molar-refractivity contribution < 1.29 is 0 Å². The summed E-state index contributed by atoms with van der Waals surface area (Å²) in [5.41, 5.74) is 10.8. The van der Waals surface area contributed by atoms with E-state index in [1.54, 1.807) is 0 Å². The zero-order valence-corrected chi connectivity index (χ0v) is 24.1. The van der Waals surface area contributed by atoms with Gasteiger partial charge in [0, 0.05) is 33.7 Å². The Labute approximate surface area is 255 Å². The first-order valence-corrected chi connectivity index (χ1v) is 15.1. The zero-order valence-electron chi connectivity index (χ0n) is 24.1. The second-order valence-corrected chi connectivity index (χ2v) is 11.4. The van der Waals surface area contributed by atoms with E-state index in [2.05, 4.69) is 179 Å². The van der Waals surface area contributed by atoms with Gasteiger partial charge in [0.1, 0.15) is 0 Å². The first-order valence-electron chi connectivity index (χ1n) is 15.1. The van der Waals surface area contributed by atoms with Crippen molar-refractivity contribution in [3.05, 3.63) is 170 Å². The minimum Gasteiger partial charge on any atom is -0.317 e. The van der Waals surface area contributed by atoms with Crippen LogP contribution in [0.1, 0.15) is 0 Å². The molecule has 9 rings (SSSR count). The van der Waals surface area contributed by atoms with Gasteiger partial charge in [0.05, 0.1) is 16.6 Å². The van der Waals surface area contributed by atoms with Crippen molar-refractivity contribution in [2.75, 3.05) is 0 Å². The lowest BCUT2D eigenvalue weighted by atomic mass is 9.98. The highest BCUT2D eigenvalue weighted by Crippen LogP contribution is 2.41. The molecule has 0 saturated heterocycles. The van der Waals surface area contributed by atoms with Crippen LogP contribution in [0.3, 0.4) is 0 Å². The third-order valence-electron chi connectivity index (χ3n) is 8.93. The summed E-state index contributed by atoms with van der Waals surface area (Å²) < 4.78 is 4.73. The lowest BCUT2D eigenvalue weighted by Crippen LogP contribution is -1.96. The van der Waals surface area contributed by atoms with Crippen LogP contribution in [0.5, 0.6) is 0 Å². The summed E-state index contributed by atoms with van der Waals surface area (Å²) in [6.07, 6.45) is 2.19. The van der Waals surface area contributed by atoms with Crippen LogP contribution in [0.4, 0.5) is 0 Å². The Hall–Kier alpha value is -5.86. The van der Waals surface area contributed by atoms with E-state index < -0.39 is 0 Å². The Balaban J connectivity index is 1.33. The summed E-state index contributed by atoms with van der Waals surface area (Å²) in [5, 5.41) is 6.37. The molecule has 9 aromatic rings. The molecule has 2 nitrogen and oxygen atoms in total. The van der Waals surface area contributed by atoms with Gasteiger partial charge in [-0.2, -0.15) is 0 Å². The lowest BCUT2D eigenvalue weighted by molar-refractivity contribution is 1.13. The Morgan fingerprint density at radius 1 is 0.318 bits per heavy atom. The monoisotopic (exact) mass is 560 g/mol. The Bertz CT molecular complexity index is 2410. The maximum Gasteiger partial charge on any atom is 0.0547 e. The minimum absolute atomic E-state index is 1.16. The van der Waals surface area contributed by atoms with Crippen LogP contribution in [-0.2, 0) is 0 Å². The van der Waals surface area contributed by atoms with E-state index in [4.69, 9.17) is 0 Å². The number of hydrogen-bond acceptors (Lipinski definition) is 0. The zero-order chi connectivity index (χ0) is 29.0. The van der Waals surface area contributed by atoms with Crippen molar-refractivity contribution in [1.82, 2.24) is 9.13 Å². The number of benzene rings is 7. The predicted octanol–water partition coefficient (Wildman–Crippen LogP) is 11.2. The van der Waals surface area contributed by atoms with Gasteiger partial charge in [-0.1, -0.05) is 109 Å². The molecular formula is C42H28N2. The topological polar surface area (TPSA) is 9.86 Å². The van der Waals surface area contributed by atoms with Crippen LogP contribution in [0.25, 0.3) is 77.1 Å². The number of rotatable bonds is 4. The van der Waals surface area contributed by atoms with Gasteiger partial charge in [-0.3, -0.25) is 0 Å². The van der Waals surface area contributed by atoms with Gasteiger partial charge < -0.3 is 9.13 Å². The molecule has 0 fully saturated rings. The van der Waals surface area contributed by atoms with Crippen molar-refractivity contribution >= 4 is 43.5 Å². The highest BCUT2D eigenvalue weighted by atomic mass is 15.0. The molecule has 0 amide bonds. The van der Waals surface area contributed by atoms with Crippen LogP contribution in [0.15, 0.2) is 170 Å². The standard InChI is InChI=1S/C42H28N2/c1-4-12-29(13-5-1)31-26-32(30-14-6-2-7-15-30)28-34(27-31)44-40-19-11-10-18-38(40)42-37-21-22-39-36(35(37)20-23-41(42)44)24-25-43(39)33-16-8-3-9-17-33/h1-28H. The third kappa shape index (κ3) is 3.82. The quantitative estimate of drug-likeness (QED) is 0.203. The van der Waals surface area contributed by atoms with Crippen LogP contribution < -0.4 is 0 Å². The van der Waals surface area contributed by atoms with Crippen LogP contribution in [-0.4, -0.2) is 9.13 Å². The van der Waals surface area contributed by atoms with Crippen LogP contribution >= 0.6 is 0 Å². The average Bonchev–Trinajstić information content (AvgIpc) is 3.69. The number of fused-ring (bicyclic) bond motifs is 7. The maximum atomic E-state index is 2.45. The molecule has 0 radical (unpaired) electrons. The van der Waals surface area contributed by atoms with E-state index in [1.165, 1.54) is 71.4 Å². The first-order chi connectivity index (χ1) is 21.8. The van der Waals surface area contributed by atoms with Crippen molar-refractivity contribution in [3.8, 4) is 33.6 Å². The molecule has 206 valence electrons. The lowest BCUT2D eigenvalue weighted by Gasteiger charge is -2.14. The summed E-state index contributed by atoms with van der Waals surface area (Å²) in [4.78, 5) is 0. The molecular weight excluding hydrogens is 532 g/mol. The Morgan fingerprint density at radius 2 is 0.909 bits per heavy atom. The number of nitrogens with zero attached hydrogens (tertiary/aromatic N) is 2. The first kappa shape index (κ1) is 24.7. The van der Waals surface area contributed by atoms with Gasteiger partial charge in [-0.15, -0.1) is 0 Å². The summed E-state index contributed by atoms with van der Waals surface area (Å²) in [7, 11) is 0. The molecule has 2 heterocycles. The van der Waals surface area contributed by atoms with E-state index >= 15 is 0 Å². The highest BCUT2D eigenvalue weighted by molar-refractivity contribution is 6.25. The van der Waals surface area contributed by atoms with Gasteiger partial charge in [0.25, 0.3) is 0 Å². The predicted molar refractivity (Wildman–Crippen MR) is 186 cm³/mol.